The Morgan fingerprint density at radius 2 is 1.86 bits per heavy atom. The number of hydrogen-bond acceptors (Lipinski definition) is 5. The van der Waals surface area contributed by atoms with Crippen molar-refractivity contribution in [3.8, 4) is 5.75 Å². The summed E-state index contributed by atoms with van der Waals surface area (Å²) in [5, 5.41) is 7.76. The first kappa shape index (κ1) is 19.6. The third kappa shape index (κ3) is 4.75. The number of anilines is 2. The number of nitrogens with zero attached hydrogens (tertiary/aromatic N) is 1. The van der Waals surface area contributed by atoms with Gasteiger partial charge in [-0.25, -0.2) is 4.98 Å². The molecule has 0 saturated heterocycles. The van der Waals surface area contributed by atoms with E-state index in [-0.39, 0.29) is 11.8 Å². The number of ether oxygens (including phenoxy) is 1. The number of nitrogens with one attached hydrogen (secondary N) is 2. The van der Waals surface area contributed by atoms with Crippen LogP contribution in [0.15, 0.2) is 54.0 Å². The summed E-state index contributed by atoms with van der Waals surface area (Å²) in [5.74, 6) is -0.0538. The van der Waals surface area contributed by atoms with Gasteiger partial charge in [0.1, 0.15) is 5.75 Å². The summed E-state index contributed by atoms with van der Waals surface area (Å²) in [4.78, 5) is 29.1. The molecule has 2 aromatic carbocycles. The van der Waals surface area contributed by atoms with E-state index in [0.29, 0.717) is 22.1 Å². The maximum absolute atomic E-state index is 12.6. The zero-order chi connectivity index (χ0) is 20.1. The van der Waals surface area contributed by atoms with Crippen molar-refractivity contribution in [3.63, 3.8) is 0 Å². The molecule has 3 aromatic rings. The SMILES string of the molecule is Cc1ccc(OC(C)C(=O)Nc2ccccc2C(=O)Nc2nccs2)cc1C. The van der Waals surface area contributed by atoms with Crippen molar-refractivity contribution in [1.82, 2.24) is 4.98 Å². The van der Waals surface area contributed by atoms with E-state index < -0.39 is 6.10 Å². The fourth-order valence-electron chi connectivity index (χ4n) is 2.52. The molecule has 2 N–H and O–H groups in total. The molecule has 0 aliphatic heterocycles. The Bertz CT molecular complexity index is 986. The maximum Gasteiger partial charge on any atom is 0.265 e. The summed E-state index contributed by atoms with van der Waals surface area (Å²) in [6.45, 7) is 5.68. The first-order valence-corrected chi connectivity index (χ1v) is 9.66. The zero-order valence-corrected chi connectivity index (χ0v) is 16.7. The summed E-state index contributed by atoms with van der Waals surface area (Å²) in [5.41, 5.74) is 3.01. The minimum Gasteiger partial charge on any atom is -0.481 e. The van der Waals surface area contributed by atoms with Crippen LogP contribution in [-0.2, 0) is 4.79 Å². The van der Waals surface area contributed by atoms with Crippen molar-refractivity contribution in [1.29, 1.82) is 0 Å². The number of hydrogen-bond donors (Lipinski definition) is 2. The zero-order valence-electron chi connectivity index (χ0n) is 15.9. The topological polar surface area (TPSA) is 80.3 Å². The first-order valence-electron chi connectivity index (χ1n) is 8.78. The van der Waals surface area contributed by atoms with Crippen LogP contribution >= 0.6 is 11.3 Å². The molecule has 6 nitrogen and oxygen atoms in total. The number of amides is 2. The van der Waals surface area contributed by atoms with Gasteiger partial charge in [0.2, 0.25) is 0 Å². The fraction of sp³-hybridized carbons (Fsp3) is 0.190. The summed E-state index contributed by atoms with van der Waals surface area (Å²) in [7, 11) is 0. The van der Waals surface area contributed by atoms with E-state index in [1.807, 2.05) is 32.0 Å². The van der Waals surface area contributed by atoms with Crippen molar-refractivity contribution in [3.05, 3.63) is 70.7 Å². The molecule has 0 bridgehead atoms. The monoisotopic (exact) mass is 395 g/mol. The normalized spacial score (nSPS) is 11.5. The van der Waals surface area contributed by atoms with Crippen molar-refractivity contribution in [2.75, 3.05) is 10.6 Å². The van der Waals surface area contributed by atoms with Gasteiger partial charge in [-0.2, -0.15) is 0 Å². The summed E-state index contributed by atoms with van der Waals surface area (Å²) in [6, 6.07) is 12.5. The molecule has 0 spiro atoms. The summed E-state index contributed by atoms with van der Waals surface area (Å²) >= 11 is 1.32. The van der Waals surface area contributed by atoms with Gasteiger partial charge in [0.05, 0.1) is 11.3 Å². The molecule has 1 heterocycles. The second-order valence-electron chi connectivity index (χ2n) is 6.33. The molecule has 2 amide bonds. The van der Waals surface area contributed by atoms with Crippen LogP contribution in [0.4, 0.5) is 10.8 Å². The molecule has 3 rings (SSSR count). The Labute approximate surface area is 167 Å². The smallest absolute Gasteiger partial charge is 0.265 e. The molecule has 7 heteroatoms. The Morgan fingerprint density at radius 3 is 2.57 bits per heavy atom. The minimum absolute atomic E-state index is 0.339. The molecule has 144 valence electrons. The lowest BCUT2D eigenvalue weighted by molar-refractivity contribution is -0.122. The minimum atomic E-state index is -0.725. The van der Waals surface area contributed by atoms with E-state index >= 15 is 0 Å². The van der Waals surface area contributed by atoms with Gasteiger partial charge in [0.25, 0.3) is 11.8 Å². The predicted octanol–water partition coefficient (Wildman–Crippen LogP) is 4.42. The van der Waals surface area contributed by atoms with Crippen LogP contribution in [0, 0.1) is 13.8 Å². The van der Waals surface area contributed by atoms with Gasteiger partial charge in [-0.1, -0.05) is 18.2 Å². The van der Waals surface area contributed by atoms with Crippen LogP contribution in [-0.4, -0.2) is 22.9 Å². The molecule has 0 aliphatic rings. The van der Waals surface area contributed by atoms with Gasteiger partial charge in [0.15, 0.2) is 11.2 Å². The van der Waals surface area contributed by atoms with E-state index in [0.717, 1.165) is 11.1 Å². The van der Waals surface area contributed by atoms with Gasteiger partial charge in [-0.3, -0.25) is 14.9 Å². The number of aromatic nitrogens is 1. The fourth-order valence-corrected chi connectivity index (χ4v) is 3.04. The number of benzene rings is 2. The van der Waals surface area contributed by atoms with Crippen LogP contribution < -0.4 is 15.4 Å². The Kier molecular flexibility index (Phi) is 6.06. The largest absolute Gasteiger partial charge is 0.481 e. The highest BCUT2D eigenvalue weighted by molar-refractivity contribution is 7.13. The molecule has 1 unspecified atom stereocenters. The highest BCUT2D eigenvalue weighted by Gasteiger charge is 2.19. The lowest BCUT2D eigenvalue weighted by atomic mass is 10.1. The maximum atomic E-state index is 12.6. The molecule has 0 radical (unpaired) electrons. The van der Waals surface area contributed by atoms with Gasteiger partial charge < -0.3 is 10.1 Å². The third-order valence-electron chi connectivity index (χ3n) is 4.24. The molecule has 28 heavy (non-hydrogen) atoms. The van der Waals surface area contributed by atoms with Gasteiger partial charge >= 0.3 is 0 Å². The molecule has 0 saturated carbocycles. The average molecular weight is 395 g/mol. The number of thiazole rings is 1. The van der Waals surface area contributed by atoms with Crippen molar-refractivity contribution >= 4 is 34.0 Å². The van der Waals surface area contributed by atoms with E-state index in [2.05, 4.69) is 15.6 Å². The highest BCUT2D eigenvalue weighted by atomic mass is 32.1. The summed E-state index contributed by atoms with van der Waals surface area (Å²) < 4.78 is 5.75. The number of para-hydroxylation sites is 1. The van der Waals surface area contributed by atoms with Gasteiger partial charge in [0, 0.05) is 11.6 Å². The molecule has 1 aromatic heterocycles. The van der Waals surface area contributed by atoms with Gasteiger partial charge in [-0.05, 0) is 56.2 Å². The van der Waals surface area contributed by atoms with Crippen LogP contribution in [0.5, 0.6) is 5.75 Å². The molecular weight excluding hydrogens is 374 g/mol. The van der Waals surface area contributed by atoms with Crippen molar-refractivity contribution in [2.45, 2.75) is 26.9 Å². The molecular formula is C21H21N3O3S. The number of rotatable bonds is 6. The van der Waals surface area contributed by atoms with Crippen LogP contribution in [0.1, 0.15) is 28.4 Å². The van der Waals surface area contributed by atoms with E-state index in [9.17, 15) is 9.59 Å². The van der Waals surface area contributed by atoms with E-state index in [1.165, 1.54) is 11.3 Å². The van der Waals surface area contributed by atoms with E-state index in [4.69, 9.17) is 4.74 Å². The van der Waals surface area contributed by atoms with Crippen LogP contribution in [0.25, 0.3) is 0 Å². The predicted molar refractivity (Wildman–Crippen MR) is 111 cm³/mol. The Morgan fingerprint density at radius 1 is 1.07 bits per heavy atom. The van der Waals surface area contributed by atoms with Crippen molar-refractivity contribution < 1.29 is 14.3 Å². The standard InChI is InChI=1S/C21H21N3O3S/c1-13-8-9-16(12-14(13)2)27-15(3)19(25)23-18-7-5-4-6-17(18)20(26)24-21-22-10-11-28-21/h4-12,15H,1-3H3,(H,23,25)(H,22,24,26). The molecule has 0 aliphatic carbocycles. The first-order chi connectivity index (χ1) is 13.4. The second-order valence-corrected chi connectivity index (χ2v) is 7.23. The lowest BCUT2D eigenvalue weighted by Crippen LogP contribution is -2.31. The second kappa shape index (κ2) is 8.67. The van der Waals surface area contributed by atoms with E-state index in [1.54, 1.807) is 42.8 Å². The number of carbonyl (C=O) groups is 2. The average Bonchev–Trinajstić information content (AvgIpc) is 3.18. The van der Waals surface area contributed by atoms with Gasteiger partial charge in [-0.15, -0.1) is 11.3 Å². The lowest BCUT2D eigenvalue weighted by Gasteiger charge is -2.17. The Balaban J connectivity index is 1.69. The highest BCUT2D eigenvalue weighted by Crippen LogP contribution is 2.21. The van der Waals surface area contributed by atoms with Crippen molar-refractivity contribution in [2.24, 2.45) is 0 Å². The molecule has 0 fully saturated rings. The summed E-state index contributed by atoms with van der Waals surface area (Å²) in [6.07, 6.45) is 0.886. The Hall–Kier alpha value is -3.19. The number of aryl methyl sites for hydroxylation is 2. The number of carbonyl (C=O) groups excluding carboxylic acids is 2. The quantitative estimate of drug-likeness (QED) is 0.647. The van der Waals surface area contributed by atoms with Crippen LogP contribution in [0.3, 0.4) is 0 Å². The van der Waals surface area contributed by atoms with Crippen LogP contribution in [0.2, 0.25) is 0 Å². The third-order valence-corrected chi connectivity index (χ3v) is 4.93. The molecule has 1 atom stereocenters.